The molecule has 1 rings (SSSR count). The molecule has 0 aliphatic rings. The molecule has 0 aliphatic heterocycles. The molecule has 0 radical (unpaired) electrons. The maximum absolute atomic E-state index is 5.61. The van der Waals surface area contributed by atoms with Gasteiger partial charge in [-0.2, -0.15) is 0 Å². The Morgan fingerprint density at radius 3 is 2.67 bits per heavy atom. The summed E-state index contributed by atoms with van der Waals surface area (Å²) in [5.41, 5.74) is 5.41. The van der Waals surface area contributed by atoms with E-state index in [9.17, 15) is 0 Å². The quantitative estimate of drug-likeness (QED) is 0.772. The van der Waals surface area contributed by atoms with E-state index in [0.717, 1.165) is 36.2 Å². The summed E-state index contributed by atoms with van der Waals surface area (Å²) < 4.78 is 6.66. The van der Waals surface area contributed by atoms with Crippen molar-refractivity contribution in [1.82, 2.24) is 0 Å². The molecule has 0 fully saturated rings. The van der Waals surface area contributed by atoms with Crippen molar-refractivity contribution in [3.63, 3.8) is 0 Å². The Morgan fingerprint density at radius 1 is 1.13 bits per heavy atom. The van der Waals surface area contributed by atoms with E-state index in [0.29, 0.717) is 0 Å². The summed E-state index contributed by atoms with van der Waals surface area (Å²) in [4.78, 5) is 0. The number of hydrogen-bond donors (Lipinski definition) is 1. The Labute approximate surface area is 99.9 Å². The molecule has 3 heteroatoms. The predicted octanol–water partition coefficient (Wildman–Crippen LogP) is 3.35. The number of ether oxygens (including phenoxy) is 1. The van der Waals surface area contributed by atoms with Crippen LogP contribution in [0.2, 0.25) is 0 Å². The summed E-state index contributed by atoms with van der Waals surface area (Å²) in [6.45, 7) is 1.59. The zero-order valence-corrected chi connectivity index (χ0v) is 10.5. The van der Waals surface area contributed by atoms with Gasteiger partial charge < -0.3 is 10.5 Å². The zero-order valence-electron chi connectivity index (χ0n) is 8.92. The van der Waals surface area contributed by atoms with Gasteiger partial charge in [0.05, 0.1) is 6.61 Å². The number of hydrogen-bond acceptors (Lipinski definition) is 2. The van der Waals surface area contributed by atoms with Crippen LogP contribution in [-0.4, -0.2) is 13.2 Å². The van der Waals surface area contributed by atoms with Crippen molar-refractivity contribution >= 4 is 15.9 Å². The monoisotopic (exact) mass is 271 g/mol. The van der Waals surface area contributed by atoms with Crippen molar-refractivity contribution < 1.29 is 4.74 Å². The van der Waals surface area contributed by atoms with Gasteiger partial charge >= 0.3 is 0 Å². The van der Waals surface area contributed by atoms with Crippen molar-refractivity contribution in [3.05, 3.63) is 28.7 Å². The first-order valence-electron chi connectivity index (χ1n) is 5.41. The topological polar surface area (TPSA) is 35.2 Å². The maximum Gasteiger partial charge on any atom is 0.120 e. The molecule has 0 aliphatic carbocycles. The van der Waals surface area contributed by atoms with E-state index < -0.39 is 0 Å². The minimum Gasteiger partial charge on any atom is -0.494 e. The van der Waals surface area contributed by atoms with Gasteiger partial charge in [-0.05, 0) is 37.6 Å². The molecular formula is C12H18BrNO. The van der Waals surface area contributed by atoms with Crippen molar-refractivity contribution in [2.75, 3.05) is 13.2 Å². The van der Waals surface area contributed by atoms with Crippen molar-refractivity contribution in [2.24, 2.45) is 5.73 Å². The highest BCUT2D eigenvalue weighted by Crippen LogP contribution is 2.17. The second kappa shape index (κ2) is 7.71. The number of nitrogens with two attached hydrogens (primary N) is 1. The number of rotatable bonds is 7. The summed E-state index contributed by atoms with van der Waals surface area (Å²) in [7, 11) is 0. The van der Waals surface area contributed by atoms with E-state index in [1.165, 1.54) is 12.8 Å². The molecule has 2 nitrogen and oxygen atoms in total. The van der Waals surface area contributed by atoms with E-state index in [1.807, 2.05) is 24.3 Å². The highest BCUT2D eigenvalue weighted by Gasteiger charge is 1.94. The zero-order chi connectivity index (χ0) is 10.9. The van der Waals surface area contributed by atoms with Crippen LogP contribution in [0.15, 0.2) is 28.7 Å². The van der Waals surface area contributed by atoms with E-state index in [4.69, 9.17) is 10.5 Å². The molecule has 0 aromatic heterocycles. The third-order valence-electron chi connectivity index (χ3n) is 2.16. The lowest BCUT2D eigenvalue weighted by molar-refractivity contribution is 0.304. The molecule has 0 heterocycles. The average molecular weight is 272 g/mol. The predicted molar refractivity (Wildman–Crippen MR) is 67.2 cm³/mol. The van der Waals surface area contributed by atoms with Crippen LogP contribution in [0, 0.1) is 0 Å². The van der Waals surface area contributed by atoms with Gasteiger partial charge in [0.15, 0.2) is 0 Å². The number of unbranched alkanes of at least 4 members (excludes halogenated alkanes) is 3. The highest BCUT2D eigenvalue weighted by molar-refractivity contribution is 9.10. The largest absolute Gasteiger partial charge is 0.494 e. The summed E-state index contributed by atoms with van der Waals surface area (Å²) in [6, 6.07) is 7.94. The molecule has 0 amide bonds. The van der Waals surface area contributed by atoms with Gasteiger partial charge in [0.25, 0.3) is 0 Å². The second-order valence-corrected chi connectivity index (χ2v) is 4.42. The van der Waals surface area contributed by atoms with Crippen molar-refractivity contribution in [1.29, 1.82) is 0 Å². The smallest absolute Gasteiger partial charge is 0.120 e. The fourth-order valence-electron chi connectivity index (χ4n) is 1.35. The van der Waals surface area contributed by atoms with Crippen LogP contribution in [0.25, 0.3) is 0 Å². The van der Waals surface area contributed by atoms with Gasteiger partial charge in [0.2, 0.25) is 0 Å². The fraction of sp³-hybridized carbons (Fsp3) is 0.500. The minimum absolute atomic E-state index is 0.793. The first-order chi connectivity index (χ1) is 7.33. The first-order valence-corrected chi connectivity index (χ1v) is 6.20. The highest BCUT2D eigenvalue weighted by atomic mass is 79.9. The first kappa shape index (κ1) is 12.5. The Kier molecular flexibility index (Phi) is 6.44. The van der Waals surface area contributed by atoms with Gasteiger partial charge in [-0.3, -0.25) is 0 Å². The van der Waals surface area contributed by atoms with Crippen molar-refractivity contribution in [2.45, 2.75) is 25.7 Å². The van der Waals surface area contributed by atoms with Crippen LogP contribution in [0.4, 0.5) is 0 Å². The molecule has 1 aromatic carbocycles. The normalized spacial score (nSPS) is 10.3. The average Bonchev–Trinajstić information content (AvgIpc) is 2.23. The minimum atomic E-state index is 0.793. The lowest BCUT2D eigenvalue weighted by Crippen LogP contribution is -2.00. The van der Waals surface area contributed by atoms with Crippen LogP contribution in [0.1, 0.15) is 25.7 Å². The molecular weight excluding hydrogens is 254 g/mol. The summed E-state index contributed by atoms with van der Waals surface area (Å²) in [5.74, 6) is 0.934. The summed E-state index contributed by atoms with van der Waals surface area (Å²) in [6.07, 6.45) is 4.63. The van der Waals surface area contributed by atoms with Gasteiger partial charge in [0, 0.05) is 4.47 Å². The molecule has 1 aromatic rings. The van der Waals surface area contributed by atoms with Gasteiger partial charge in [-0.1, -0.05) is 34.8 Å². The maximum atomic E-state index is 5.61. The summed E-state index contributed by atoms with van der Waals surface area (Å²) in [5, 5.41) is 0. The number of halogens is 1. The summed E-state index contributed by atoms with van der Waals surface area (Å²) >= 11 is 3.41. The van der Waals surface area contributed by atoms with E-state index in [1.54, 1.807) is 0 Å². The third-order valence-corrected chi connectivity index (χ3v) is 2.66. The van der Waals surface area contributed by atoms with E-state index in [-0.39, 0.29) is 0 Å². The van der Waals surface area contributed by atoms with Crippen molar-refractivity contribution in [3.8, 4) is 5.75 Å². The Balaban J connectivity index is 2.10. The van der Waals surface area contributed by atoms with Gasteiger partial charge in [0.1, 0.15) is 5.75 Å². The Hall–Kier alpha value is -0.540. The Bertz CT molecular complexity index is 278. The van der Waals surface area contributed by atoms with Gasteiger partial charge in [-0.25, -0.2) is 0 Å². The molecule has 2 N–H and O–H groups in total. The lowest BCUT2D eigenvalue weighted by Gasteiger charge is -2.05. The van der Waals surface area contributed by atoms with Crippen LogP contribution >= 0.6 is 15.9 Å². The second-order valence-electron chi connectivity index (χ2n) is 3.51. The van der Waals surface area contributed by atoms with Crippen LogP contribution < -0.4 is 10.5 Å². The molecule has 0 saturated carbocycles. The standard InChI is InChI=1S/C12H18BrNO/c13-11-6-5-7-12(10-11)15-9-4-2-1-3-8-14/h5-7,10H,1-4,8-9,14H2. The van der Waals surface area contributed by atoms with E-state index >= 15 is 0 Å². The molecule has 0 spiro atoms. The third kappa shape index (κ3) is 5.80. The van der Waals surface area contributed by atoms with E-state index in [2.05, 4.69) is 15.9 Å². The molecule has 84 valence electrons. The van der Waals surface area contributed by atoms with Crippen LogP contribution in [0.5, 0.6) is 5.75 Å². The molecule has 0 unspecified atom stereocenters. The Morgan fingerprint density at radius 2 is 1.93 bits per heavy atom. The lowest BCUT2D eigenvalue weighted by atomic mass is 10.2. The number of benzene rings is 1. The molecule has 0 saturated heterocycles. The van der Waals surface area contributed by atoms with Crippen LogP contribution in [0.3, 0.4) is 0 Å². The fourth-order valence-corrected chi connectivity index (χ4v) is 1.72. The molecule has 15 heavy (non-hydrogen) atoms. The molecule has 0 bridgehead atoms. The SMILES string of the molecule is NCCCCCCOc1cccc(Br)c1. The van der Waals surface area contributed by atoms with Gasteiger partial charge in [-0.15, -0.1) is 0 Å². The van der Waals surface area contributed by atoms with Crippen LogP contribution in [-0.2, 0) is 0 Å². The molecule has 0 atom stereocenters.